The smallest absolute Gasteiger partial charge is 0.212 e. The number of nitrogen functional groups attached to an aromatic ring is 1. The van der Waals surface area contributed by atoms with Crippen molar-refractivity contribution in [2.45, 2.75) is 23.8 Å². The summed E-state index contributed by atoms with van der Waals surface area (Å²) in [6, 6.07) is 7.49. The summed E-state index contributed by atoms with van der Waals surface area (Å²) in [5.41, 5.74) is 6.31. The molecule has 0 fully saturated rings. The Morgan fingerprint density at radius 3 is 2.47 bits per heavy atom. The van der Waals surface area contributed by atoms with Crippen LogP contribution < -0.4 is 10.5 Å². The molecule has 2 rings (SSSR count). The summed E-state index contributed by atoms with van der Waals surface area (Å²) < 4.78 is 26.4. The fourth-order valence-corrected chi connectivity index (χ4v) is 4.45. The topological polar surface area (TPSA) is 72.2 Å². The van der Waals surface area contributed by atoms with Gasteiger partial charge in [-0.3, -0.25) is 0 Å². The monoisotopic (exact) mass is 298 g/mol. The van der Waals surface area contributed by atoms with E-state index >= 15 is 0 Å². The molecule has 0 saturated heterocycles. The number of sulfonamides is 1. The lowest BCUT2D eigenvalue weighted by Crippen LogP contribution is -2.35. The molecule has 0 saturated carbocycles. The number of benzene rings is 1. The van der Waals surface area contributed by atoms with Crippen LogP contribution in [0.25, 0.3) is 0 Å². The summed E-state index contributed by atoms with van der Waals surface area (Å²) in [6.07, 6.45) is 5.61. The lowest BCUT2D eigenvalue weighted by atomic mass is 10.3. The van der Waals surface area contributed by atoms with Gasteiger partial charge >= 0.3 is 0 Å². The number of nitrogens with two attached hydrogens (primary N) is 1. The molecule has 104 valence electrons. The van der Waals surface area contributed by atoms with E-state index in [4.69, 9.17) is 5.73 Å². The molecular weight excluding hydrogens is 280 g/mol. The largest absolute Gasteiger partial charge is 0.399 e. The zero-order valence-electron chi connectivity index (χ0n) is 10.6. The molecule has 0 atom stereocenters. The van der Waals surface area contributed by atoms with Crippen LogP contribution >= 0.6 is 11.8 Å². The molecule has 0 radical (unpaired) electrons. The Bertz CT molecular complexity index is 530. The van der Waals surface area contributed by atoms with Gasteiger partial charge in [0.1, 0.15) is 0 Å². The molecule has 4 nitrogen and oxygen atoms in total. The highest BCUT2D eigenvalue weighted by atomic mass is 32.2. The molecule has 1 aromatic rings. The minimum absolute atomic E-state index is 0.0477. The molecule has 19 heavy (non-hydrogen) atoms. The van der Waals surface area contributed by atoms with Gasteiger partial charge in [-0.25, -0.2) is 13.1 Å². The lowest BCUT2D eigenvalue weighted by molar-refractivity contribution is 0.559. The van der Waals surface area contributed by atoms with Gasteiger partial charge in [0.25, 0.3) is 0 Å². The van der Waals surface area contributed by atoms with E-state index in [1.54, 1.807) is 0 Å². The normalized spacial score (nSPS) is 16.0. The zero-order chi connectivity index (χ0) is 13.7. The van der Waals surface area contributed by atoms with Gasteiger partial charge in [-0.2, -0.15) is 0 Å². The summed E-state index contributed by atoms with van der Waals surface area (Å²) >= 11 is 1.52. The van der Waals surface area contributed by atoms with Crippen molar-refractivity contribution in [3.63, 3.8) is 0 Å². The van der Waals surface area contributed by atoms with Gasteiger partial charge in [0.2, 0.25) is 10.0 Å². The van der Waals surface area contributed by atoms with Crippen molar-refractivity contribution in [2.24, 2.45) is 0 Å². The lowest BCUT2D eigenvalue weighted by Gasteiger charge is -2.12. The summed E-state index contributed by atoms with van der Waals surface area (Å²) in [5, 5.41) is 0. The van der Waals surface area contributed by atoms with E-state index in [1.807, 2.05) is 36.4 Å². The number of nitrogens with one attached hydrogen (secondary N) is 1. The molecule has 0 bridgehead atoms. The van der Waals surface area contributed by atoms with Crippen molar-refractivity contribution in [1.29, 1.82) is 0 Å². The average molecular weight is 298 g/mol. The highest BCUT2D eigenvalue weighted by Crippen LogP contribution is 2.19. The summed E-state index contributed by atoms with van der Waals surface area (Å²) in [7, 11) is -3.18. The van der Waals surface area contributed by atoms with Crippen molar-refractivity contribution < 1.29 is 8.42 Å². The quantitative estimate of drug-likeness (QED) is 0.479. The van der Waals surface area contributed by atoms with Crippen LogP contribution in [0.3, 0.4) is 0 Å². The molecule has 1 aliphatic carbocycles. The Balaban J connectivity index is 1.76. The molecule has 0 spiro atoms. The van der Waals surface area contributed by atoms with Crippen LogP contribution in [-0.2, 0) is 10.0 Å². The third kappa shape index (κ3) is 4.89. The van der Waals surface area contributed by atoms with Crippen LogP contribution in [0.5, 0.6) is 0 Å². The summed E-state index contributed by atoms with van der Waals surface area (Å²) in [4.78, 5) is 1.03. The van der Waals surface area contributed by atoms with E-state index in [-0.39, 0.29) is 11.8 Å². The van der Waals surface area contributed by atoms with Gasteiger partial charge < -0.3 is 5.73 Å². The predicted octanol–water partition coefficient (Wildman–Crippen LogP) is 2.00. The molecule has 0 amide bonds. The fraction of sp³-hybridized carbons (Fsp3) is 0.385. The SMILES string of the molecule is Nc1ccc(SCCS(=O)(=O)NC2CC=CC2)cc1. The Labute approximate surface area is 118 Å². The second-order valence-electron chi connectivity index (χ2n) is 4.49. The molecule has 6 heteroatoms. The second kappa shape index (κ2) is 6.45. The number of thioether (sulfide) groups is 1. The van der Waals surface area contributed by atoms with Gasteiger partial charge in [0.05, 0.1) is 5.75 Å². The molecule has 0 unspecified atom stereocenters. The molecule has 0 heterocycles. The minimum Gasteiger partial charge on any atom is -0.399 e. The minimum atomic E-state index is -3.18. The van der Waals surface area contributed by atoms with Gasteiger partial charge in [-0.1, -0.05) is 12.2 Å². The number of hydrogen-bond acceptors (Lipinski definition) is 4. The molecule has 0 aliphatic heterocycles. The van der Waals surface area contributed by atoms with E-state index in [2.05, 4.69) is 4.72 Å². The summed E-state index contributed by atoms with van der Waals surface area (Å²) in [5.74, 6) is 0.679. The molecular formula is C13H18N2O2S2. The Morgan fingerprint density at radius 2 is 1.84 bits per heavy atom. The highest BCUT2D eigenvalue weighted by Gasteiger charge is 2.18. The van der Waals surface area contributed by atoms with Crippen LogP contribution in [0.15, 0.2) is 41.3 Å². The third-order valence-corrected chi connectivity index (χ3v) is 5.56. The first-order valence-corrected chi connectivity index (χ1v) is 8.82. The first kappa shape index (κ1) is 14.4. The zero-order valence-corrected chi connectivity index (χ0v) is 12.2. The molecule has 1 aromatic carbocycles. The molecule has 3 N–H and O–H groups in total. The van der Waals surface area contributed by atoms with Crippen molar-refractivity contribution in [2.75, 3.05) is 17.2 Å². The van der Waals surface area contributed by atoms with Crippen molar-refractivity contribution in [3.05, 3.63) is 36.4 Å². The van der Waals surface area contributed by atoms with Crippen molar-refractivity contribution in [3.8, 4) is 0 Å². The Morgan fingerprint density at radius 1 is 1.21 bits per heavy atom. The van der Waals surface area contributed by atoms with Crippen molar-refractivity contribution >= 4 is 27.5 Å². The van der Waals surface area contributed by atoms with Crippen LogP contribution in [0.1, 0.15) is 12.8 Å². The Kier molecular flexibility index (Phi) is 4.90. The fourth-order valence-electron chi connectivity index (χ4n) is 1.86. The van der Waals surface area contributed by atoms with Gasteiger partial charge in [-0.05, 0) is 37.1 Å². The van der Waals surface area contributed by atoms with Gasteiger partial charge in [-0.15, -0.1) is 11.8 Å². The first-order chi connectivity index (χ1) is 9.05. The number of rotatable bonds is 6. The highest BCUT2D eigenvalue weighted by molar-refractivity contribution is 8.00. The maximum absolute atomic E-state index is 11.9. The maximum atomic E-state index is 11.9. The molecule has 1 aliphatic rings. The van der Waals surface area contributed by atoms with E-state index in [1.165, 1.54) is 11.8 Å². The average Bonchev–Trinajstić information content (AvgIpc) is 2.83. The van der Waals surface area contributed by atoms with Crippen LogP contribution in [0.4, 0.5) is 5.69 Å². The third-order valence-electron chi connectivity index (χ3n) is 2.85. The van der Waals surface area contributed by atoms with Crippen LogP contribution in [0, 0.1) is 0 Å². The van der Waals surface area contributed by atoms with Crippen LogP contribution in [-0.4, -0.2) is 26.0 Å². The maximum Gasteiger partial charge on any atom is 0.212 e. The van der Waals surface area contributed by atoms with Gasteiger partial charge in [0.15, 0.2) is 0 Å². The van der Waals surface area contributed by atoms with E-state index in [0.29, 0.717) is 11.4 Å². The van der Waals surface area contributed by atoms with Crippen molar-refractivity contribution in [1.82, 2.24) is 4.72 Å². The van der Waals surface area contributed by atoms with Gasteiger partial charge in [0, 0.05) is 22.4 Å². The Hall–Kier alpha value is -0.980. The molecule has 0 aromatic heterocycles. The van der Waals surface area contributed by atoms with Crippen LogP contribution in [0.2, 0.25) is 0 Å². The van der Waals surface area contributed by atoms with E-state index < -0.39 is 10.0 Å². The number of hydrogen-bond donors (Lipinski definition) is 2. The second-order valence-corrected chi connectivity index (χ2v) is 7.54. The number of anilines is 1. The first-order valence-electron chi connectivity index (χ1n) is 6.18. The predicted molar refractivity (Wildman–Crippen MR) is 80.7 cm³/mol. The summed E-state index contributed by atoms with van der Waals surface area (Å²) in [6.45, 7) is 0. The standard InChI is InChI=1S/C13H18N2O2S2/c14-11-5-7-13(8-6-11)18-9-10-19(16,17)15-12-3-1-2-4-12/h1-2,5-8,12,15H,3-4,9-10,14H2. The van der Waals surface area contributed by atoms with E-state index in [0.717, 1.165) is 17.7 Å². The van der Waals surface area contributed by atoms with E-state index in [9.17, 15) is 8.42 Å².